The highest BCUT2D eigenvalue weighted by Crippen LogP contribution is 2.37. The number of nitrogens with zero attached hydrogens (tertiary/aromatic N) is 3. The lowest BCUT2D eigenvalue weighted by Crippen LogP contribution is -2.38. The number of hydrogen-bond donors (Lipinski definition) is 3. The van der Waals surface area contributed by atoms with Gasteiger partial charge in [-0.05, 0) is 25.3 Å². The van der Waals surface area contributed by atoms with Crippen LogP contribution in [0, 0.1) is 0 Å². The number of aromatic nitrogens is 3. The largest absolute Gasteiger partial charge is 0.465 e. The summed E-state index contributed by atoms with van der Waals surface area (Å²) in [5.74, 6) is 0. The molecule has 1 fully saturated rings. The predicted octanol–water partition coefficient (Wildman–Crippen LogP) is 2.68. The molecule has 29 heavy (non-hydrogen) atoms. The van der Waals surface area contributed by atoms with Crippen LogP contribution in [-0.2, 0) is 11.3 Å². The second-order valence-corrected chi connectivity index (χ2v) is 8.46. The third-order valence-corrected chi connectivity index (χ3v) is 6.70. The Kier molecular flexibility index (Phi) is 4.41. The van der Waals surface area contributed by atoms with Crippen LogP contribution in [0.15, 0.2) is 23.3 Å². The zero-order valence-electron chi connectivity index (χ0n) is 15.5. The lowest BCUT2D eigenvalue weighted by molar-refractivity contribution is -0.0394. The molecule has 0 saturated carbocycles. The van der Waals surface area contributed by atoms with Crippen LogP contribution >= 0.6 is 11.3 Å². The molecule has 0 spiro atoms. The van der Waals surface area contributed by atoms with Crippen LogP contribution in [0.2, 0.25) is 0 Å². The van der Waals surface area contributed by atoms with E-state index in [1.54, 1.807) is 6.20 Å². The van der Waals surface area contributed by atoms with Gasteiger partial charge in [-0.2, -0.15) is 5.10 Å². The summed E-state index contributed by atoms with van der Waals surface area (Å²) in [6.45, 7) is 0.794. The Bertz CT molecular complexity index is 1140. The molecule has 0 aliphatic carbocycles. The monoisotopic (exact) mass is 416 g/mol. The maximum atomic E-state index is 12.6. The Balaban J connectivity index is 1.57. The quantitative estimate of drug-likeness (QED) is 0.591. The first-order valence-electron chi connectivity index (χ1n) is 9.52. The number of amides is 1. The first-order valence-corrected chi connectivity index (χ1v) is 10.3. The van der Waals surface area contributed by atoms with E-state index in [9.17, 15) is 19.8 Å². The molecule has 10 heteroatoms. The Labute approximate surface area is 169 Å². The van der Waals surface area contributed by atoms with Gasteiger partial charge in [-0.1, -0.05) is 0 Å². The van der Waals surface area contributed by atoms with Crippen LogP contribution < -0.4 is 5.56 Å². The van der Waals surface area contributed by atoms with E-state index in [0.717, 1.165) is 41.2 Å². The van der Waals surface area contributed by atoms with Gasteiger partial charge in [-0.25, -0.2) is 9.48 Å². The zero-order chi connectivity index (χ0) is 20.1. The van der Waals surface area contributed by atoms with E-state index in [0.29, 0.717) is 21.3 Å². The summed E-state index contributed by atoms with van der Waals surface area (Å²) in [4.78, 5) is 28.8. The van der Waals surface area contributed by atoms with Gasteiger partial charge in [0.05, 0.1) is 25.0 Å². The second kappa shape index (κ2) is 6.97. The average Bonchev–Trinajstić information content (AvgIpc) is 3.37. The summed E-state index contributed by atoms with van der Waals surface area (Å²) in [6, 6.07) is 1.88. The molecule has 5 heterocycles. The molecule has 5 rings (SSSR count). The van der Waals surface area contributed by atoms with Crippen molar-refractivity contribution >= 4 is 27.5 Å². The fraction of sp³-hybridized carbons (Fsp3) is 0.421. The predicted molar refractivity (Wildman–Crippen MR) is 106 cm³/mol. The van der Waals surface area contributed by atoms with Crippen molar-refractivity contribution in [1.29, 1.82) is 0 Å². The van der Waals surface area contributed by atoms with Gasteiger partial charge < -0.3 is 24.8 Å². The minimum Gasteiger partial charge on any atom is -0.465 e. The topological polar surface area (TPSA) is 121 Å². The van der Waals surface area contributed by atoms with E-state index in [1.807, 2.05) is 16.9 Å². The van der Waals surface area contributed by atoms with E-state index < -0.39 is 12.2 Å². The third-order valence-electron chi connectivity index (χ3n) is 5.52. The highest BCUT2D eigenvalue weighted by Gasteiger charge is 2.30. The van der Waals surface area contributed by atoms with E-state index in [4.69, 9.17) is 4.74 Å². The number of carboxylic acid groups (broad SMARTS) is 1. The van der Waals surface area contributed by atoms with Crippen molar-refractivity contribution in [3.05, 3.63) is 40.1 Å². The molecule has 0 bridgehead atoms. The first-order chi connectivity index (χ1) is 14.0. The summed E-state index contributed by atoms with van der Waals surface area (Å²) >= 11 is 1.34. The summed E-state index contributed by atoms with van der Waals surface area (Å²) in [5, 5.41) is 24.8. The number of aliphatic hydroxyl groups excluding tert-OH is 1. The fourth-order valence-corrected chi connectivity index (χ4v) is 5.09. The van der Waals surface area contributed by atoms with Gasteiger partial charge in [0.15, 0.2) is 0 Å². The van der Waals surface area contributed by atoms with Gasteiger partial charge in [0.2, 0.25) is 0 Å². The Morgan fingerprint density at radius 2 is 2.24 bits per heavy atom. The molecule has 3 N–H and O–H groups in total. The van der Waals surface area contributed by atoms with E-state index in [-0.39, 0.29) is 24.9 Å². The number of aromatic amines is 1. The van der Waals surface area contributed by atoms with Crippen molar-refractivity contribution in [3.8, 4) is 10.4 Å². The van der Waals surface area contributed by atoms with Crippen LogP contribution in [0.3, 0.4) is 0 Å². The number of hydrogen-bond acceptors (Lipinski definition) is 6. The number of rotatable bonds is 2. The van der Waals surface area contributed by atoms with Gasteiger partial charge in [-0.3, -0.25) is 4.79 Å². The molecule has 0 radical (unpaired) electrons. The molecule has 0 aromatic carbocycles. The molecule has 3 aromatic heterocycles. The summed E-state index contributed by atoms with van der Waals surface area (Å²) in [7, 11) is 0. The number of carbonyl (C=O) groups is 1. The highest BCUT2D eigenvalue weighted by atomic mass is 32.1. The molecule has 2 atom stereocenters. The molecule has 152 valence electrons. The zero-order valence-corrected chi connectivity index (χ0v) is 16.3. The normalized spacial score (nSPS) is 22.0. The molecule has 9 nitrogen and oxygen atoms in total. The molecule has 1 amide bonds. The smallest absolute Gasteiger partial charge is 0.407 e. The van der Waals surface area contributed by atoms with Crippen molar-refractivity contribution in [2.45, 2.75) is 38.1 Å². The Morgan fingerprint density at radius 1 is 1.38 bits per heavy atom. The van der Waals surface area contributed by atoms with Crippen molar-refractivity contribution in [2.24, 2.45) is 0 Å². The van der Waals surface area contributed by atoms with Crippen molar-refractivity contribution in [2.75, 3.05) is 13.2 Å². The number of ether oxygens (including phenoxy) is 1. The van der Waals surface area contributed by atoms with Crippen molar-refractivity contribution < 1.29 is 19.7 Å². The Morgan fingerprint density at radius 3 is 3.00 bits per heavy atom. The molecule has 3 aromatic rings. The third kappa shape index (κ3) is 3.13. The van der Waals surface area contributed by atoms with Crippen molar-refractivity contribution in [1.82, 2.24) is 19.7 Å². The van der Waals surface area contributed by atoms with Gasteiger partial charge in [0.1, 0.15) is 17.0 Å². The number of pyridine rings is 1. The number of thiophene rings is 1. The highest BCUT2D eigenvalue weighted by molar-refractivity contribution is 7.22. The number of nitrogens with one attached hydrogen (secondary N) is 1. The van der Waals surface area contributed by atoms with Crippen LogP contribution in [-0.4, -0.2) is 49.1 Å². The van der Waals surface area contributed by atoms with Crippen LogP contribution in [0.5, 0.6) is 0 Å². The Hall–Kier alpha value is -2.69. The average molecular weight is 416 g/mol. The molecular weight excluding hydrogens is 396 g/mol. The maximum Gasteiger partial charge on any atom is 0.407 e. The number of H-pyrrole nitrogens is 1. The molecular formula is C19H20N4O5S. The second-order valence-electron chi connectivity index (χ2n) is 7.41. The lowest BCUT2D eigenvalue weighted by Gasteiger charge is -2.30. The van der Waals surface area contributed by atoms with Gasteiger partial charge in [0.25, 0.3) is 5.56 Å². The minimum atomic E-state index is -1.10. The number of β-amino-alcohol motifs (C(OH)–C–C–N with tert-alkyl or cyclic N) is 1. The summed E-state index contributed by atoms with van der Waals surface area (Å²) < 4.78 is 8.10. The van der Waals surface area contributed by atoms with Gasteiger partial charge >= 0.3 is 6.09 Å². The van der Waals surface area contributed by atoms with Gasteiger partial charge in [0, 0.05) is 34.2 Å². The van der Waals surface area contributed by atoms with E-state index >= 15 is 0 Å². The molecule has 1 saturated heterocycles. The molecule has 2 unspecified atom stereocenters. The minimum absolute atomic E-state index is 0.0606. The SMILES string of the molecule is O=C(O)N1Cc2c([nH]c(=O)c3sc(-c4cnn(C5CCCCO5)c4)cc23)C(O)C1. The van der Waals surface area contributed by atoms with E-state index in [1.165, 1.54) is 11.3 Å². The van der Waals surface area contributed by atoms with Crippen LogP contribution in [0.25, 0.3) is 20.5 Å². The standard InChI is InChI=1S/C19H20N4O5S/c24-13-9-22(19(26)27)8-12-11-5-14(29-17(11)18(25)21-16(12)13)10-6-20-23(7-10)15-3-1-2-4-28-15/h5-7,13,15,24H,1-4,8-9H2,(H,21,25)(H,26,27). The number of fused-ring (bicyclic) bond motifs is 3. The molecule has 2 aliphatic rings. The lowest BCUT2D eigenvalue weighted by atomic mass is 10.00. The fourth-order valence-electron chi connectivity index (χ4n) is 4.04. The molecule has 2 aliphatic heterocycles. The maximum absolute atomic E-state index is 12.6. The summed E-state index contributed by atoms with van der Waals surface area (Å²) in [5.41, 5.74) is 1.64. The van der Waals surface area contributed by atoms with Crippen LogP contribution in [0.1, 0.15) is 42.9 Å². The first kappa shape index (κ1) is 18.3. The van der Waals surface area contributed by atoms with Crippen LogP contribution in [0.4, 0.5) is 4.79 Å². The van der Waals surface area contributed by atoms with Gasteiger partial charge in [-0.15, -0.1) is 11.3 Å². The van der Waals surface area contributed by atoms with E-state index in [2.05, 4.69) is 10.1 Å². The van der Waals surface area contributed by atoms with Crippen molar-refractivity contribution in [3.63, 3.8) is 0 Å². The summed E-state index contributed by atoms with van der Waals surface area (Å²) in [6.07, 6.45) is 4.54. The number of aliphatic hydroxyl groups is 1.